The molecule has 0 N–H and O–H groups in total. The Hall–Kier alpha value is -7.61. The van der Waals surface area contributed by atoms with E-state index in [-0.39, 0.29) is 64.0 Å². The zero-order valence-electron chi connectivity index (χ0n) is 56.2. The smallest absolute Gasteiger partial charge is 0.333 e. The summed E-state index contributed by atoms with van der Waals surface area (Å²) in [4.78, 5) is 63.4. The Morgan fingerprint density at radius 2 is 0.571 bits per heavy atom. The standard InChI is InChI=1S/C77H104O14/c1-12-16-20-24-28-57-42-61-50-63-44-58(29-25-21-17-13-2)46-65(72(63)86-36-39-89-75(80)54(5)6)52-67-48-60(31-27-23-19-15-4)49-68(74(67)88-38-41-91-77(82)56(9)10)53-66-47-59(30-26-22-18-14-3)45-64(73(66)87-37-40-90-76(81)55(7)8)51-62(43-57)71(61)85-35-34-84-70(79)33-32-69(78)83-11/h32-33,42-49H,5,7,9,12-31,34-41,50-53H2,1-4,6,8,10-11H3/b33-32+. The maximum atomic E-state index is 12.9. The molecule has 4 aromatic carbocycles. The van der Waals surface area contributed by atoms with Gasteiger partial charge in [-0.2, -0.15) is 0 Å². The van der Waals surface area contributed by atoms with E-state index in [0.717, 1.165) is 207 Å². The number of aryl methyl sites for hydroxylation is 4. The minimum atomic E-state index is -0.718. The van der Waals surface area contributed by atoms with Crippen molar-refractivity contribution in [2.24, 2.45) is 0 Å². The second kappa shape index (κ2) is 41.0. The Morgan fingerprint density at radius 3 is 0.791 bits per heavy atom. The molecule has 0 fully saturated rings. The van der Waals surface area contributed by atoms with E-state index in [4.69, 9.17) is 42.6 Å². The van der Waals surface area contributed by atoms with Crippen LogP contribution < -0.4 is 18.9 Å². The van der Waals surface area contributed by atoms with Gasteiger partial charge in [-0.25, -0.2) is 24.0 Å². The summed E-state index contributed by atoms with van der Waals surface area (Å²) in [5.74, 6) is -0.311. The van der Waals surface area contributed by atoms with Crippen LogP contribution in [0, 0.1) is 0 Å². The lowest BCUT2D eigenvalue weighted by atomic mass is 9.87. The Morgan fingerprint density at radius 1 is 0.341 bits per heavy atom. The Kier molecular flexibility index (Phi) is 33.4. The number of carbonyl (C=O) groups is 5. The van der Waals surface area contributed by atoms with E-state index < -0.39 is 29.8 Å². The maximum absolute atomic E-state index is 12.9. The Labute approximate surface area is 543 Å². The quantitative estimate of drug-likeness (QED) is 0.0157. The van der Waals surface area contributed by atoms with Crippen molar-refractivity contribution in [3.63, 3.8) is 0 Å². The number of methoxy groups -OCH3 is 1. The van der Waals surface area contributed by atoms with Gasteiger partial charge in [-0.05, 0) is 139 Å². The molecule has 14 nitrogen and oxygen atoms in total. The van der Waals surface area contributed by atoms with Crippen LogP contribution in [0.4, 0.5) is 0 Å². The van der Waals surface area contributed by atoms with E-state index in [9.17, 15) is 24.0 Å². The van der Waals surface area contributed by atoms with Crippen molar-refractivity contribution in [3.05, 3.63) is 164 Å². The van der Waals surface area contributed by atoms with Crippen molar-refractivity contribution >= 4 is 29.8 Å². The van der Waals surface area contributed by atoms with E-state index in [1.165, 1.54) is 7.11 Å². The first kappa shape index (κ1) is 74.1. The zero-order chi connectivity index (χ0) is 65.9. The minimum absolute atomic E-state index is 0.00965. The first-order chi connectivity index (χ1) is 44.0. The SMILES string of the molecule is C=C(C)C(=O)OCCOc1c2cc(CCCCCC)cc1Cc1cc(CCCCCC)cc(c1OCCOC(=O)C(=C)C)Cc1cc(CCCCCC)cc(c1OCCOC(=O)C(=C)C)Cc1cc(CCCCCC)cc(c1OCCOC(=O)/C=C/C(=O)OC)C2. The fourth-order valence-electron chi connectivity index (χ4n) is 11.3. The highest BCUT2D eigenvalue weighted by Gasteiger charge is 2.26. The predicted molar refractivity (Wildman–Crippen MR) is 360 cm³/mol. The van der Waals surface area contributed by atoms with Gasteiger partial charge in [0.1, 0.15) is 75.9 Å². The first-order valence-corrected chi connectivity index (χ1v) is 33.5. The number of ether oxygens (including phenoxy) is 9. The lowest BCUT2D eigenvalue weighted by Crippen LogP contribution is -2.17. The van der Waals surface area contributed by atoms with Crippen LogP contribution in [0.1, 0.15) is 218 Å². The molecule has 4 aromatic rings. The molecule has 8 bridgehead atoms. The molecule has 0 aromatic heterocycles. The first-order valence-electron chi connectivity index (χ1n) is 33.5. The van der Waals surface area contributed by atoms with E-state index in [1.807, 2.05) is 0 Å². The van der Waals surface area contributed by atoms with Gasteiger partial charge in [-0.15, -0.1) is 0 Å². The summed E-state index contributed by atoms with van der Waals surface area (Å²) in [7, 11) is 1.24. The van der Waals surface area contributed by atoms with Crippen molar-refractivity contribution < 1.29 is 66.6 Å². The molecule has 14 heteroatoms. The summed E-state index contributed by atoms with van der Waals surface area (Å²) in [6.45, 7) is 25.1. The van der Waals surface area contributed by atoms with E-state index in [0.29, 0.717) is 54.3 Å². The molecule has 0 saturated heterocycles. The number of benzene rings is 4. The Bertz CT molecular complexity index is 2940. The van der Waals surface area contributed by atoms with Crippen molar-refractivity contribution in [2.75, 3.05) is 60.0 Å². The molecule has 0 amide bonds. The van der Waals surface area contributed by atoms with Gasteiger partial charge in [0.15, 0.2) is 0 Å². The summed E-state index contributed by atoms with van der Waals surface area (Å²) < 4.78 is 55.4. The average Bonchev–Trinajstić information content (AvgIpc) is 0.828. The van der Waals surface area contributed by atoms with Gasteiger partial charge in [0.05, 0.1) is 7.11 Å². The summed E-state index contributed by atoms with van der Waals surface area (Å²) in [6, 6.07) is 18.0. The van der Waals surface area contributed by atoms with E-state index >= 15 is 0 Å². The molecule has 0 atom stereocenters. The third kappa shape index (κ3) is 25.9. The van der Waals surface area contributed by atoms with Gasteiger partial charge in [-0.1, -0.05) is 173 Å². The largest absolute Gasteiger partial charge is 0.489 e. The van der Waals surface area contributed by atoms with Crippen LogP contribution in [0.15, 0.2) is 97.1 Å². The molecule has 0 heterocycles. The van der Waals surface area contributed by atoms with Gasteiger partial charge in [-0.3, -0.25) is 0 Å². The molecule has 91 heavy (non-hydrogen) atoms. The minimum Gasteiger partial charge on any atom is -0.489 e. The second-order valence-electron chi connectivity index (χ2n) is 24.1. The molecular weight excluding hydrogens is 1150 g/mol. The molecular formula is C77H104O14. The van der Waals surface area contributed by atoms with Crippen LogP contribution in [0.25, 0.3) is 0 Å². The van der Waals surface area contributed by atoms with Crippen LogP contribution in [-0.2, 0) is 99.0 Å². The summed E-state index contributed by atoms with van der Waals surface area (Å²) in [5, 5.41) is 0. The number of esters is 5. The van der Waals surface area contributed by atoms with Gasteiger partial charge >= 0.3 is 29.8 Å². The number of hydrogen-bond donors (Lipinski definition) is 0. The van der Waals surface area contributed by atoms with Crippen molar-refractivity contribution in [1.82, 2.24) is 0 Å². The second-order valence-corrected chi connectivity index (χ2v) is 24.1. The fourth-order valence-corrected chi connectivity index (χ4v) is 11.3. The number of hydrogen-bond acceptors (Lipinski definition) is 14. The highest BCUT2D eigenvalue weighted by atomic mass is 16.6. The fraction of sp³-hybridized carbons (Fsp3) is 0.519. The normalized spacial score (nSPS) is 11.8. The maximum Gasteiger partial charge on any atom is 0.333 e. The third-order valence-corrected chi connectivity index (χ3v) is 15.9. The van der Waals surface area contributed by atoms with Crippen LogP contribution in [0.3, 0.4) is 0 Å². The highest BCUT2D eigenvalue weighted by Crippen LogP contribution is 2.42. The summed E-state index contributed by atoms with van der Waals surface area (Å²) >= 11 is 0. The summed E-state index contributed by atoms with van der Waals surface area (Å²) in [6.07, 6.45) is 23.9. The summed E-state index contributed by atoms with van der Waals surface area (Å²) in [5.41, 5.74) is 12.8. The van der Waals surface area contributed by atoms with Crippen LogP contribution >= 0.6 is 0 Å². The zero-order valence-corrected chi connectivity index (χ0v) is 56.2. The van der Waals surface area contributed by atoms with Gasteiger partial charge in [0.25, 0.3) is 0 Å². The number of unbranched alkanes of at least 4 members (excludes halogenated alkanes) is 12. The van der Waals surface area contributed by atoms with Crippen LogP contribution in [-0.4, -0.2) is 89.8 Å². The molecule has 496 valence electrons. The third-order valence-electron chi connectivity index (χ3n) is 15.9. The predicted octanol–water partition coefficient (Wildman–Crippen LogP) is 16.0. The lowest BCUT2D eigenvalue weighted by molar-refractivity contribution is -0.140. The van der Waals surface area contributed by atoms with Crippen LogP contribution in [0.2, 0.25) is 0 Å². The lowest BCUT2D eigenvalue weighted by Gasteiger charge is -2.25. The molecule has 0 radical (unpaired) electrons. The van der Waals surface area contributed by atoms with Crippen molar-refractivity contribution in [3.8, 4) is 23.0 Å². The molecule has 1 aliphatic rings. The molecule has 5 rings (SSSR count). The molecule has 0 aliphatic heterocycles. The molecule has 0 saturated carbocycles. The molecule has 0 spiro atoms. The van der Waals surface area contributed by atoms with Gasteiger partial charge < -0.3 is 42.6 Å². The number of fused-ring (bicyclic) bond motifs is 8. The molecule has 1 aliphatic carbocycles. The van der Waals surface area contributed by atoms with E-state index in [2.05, 4.69) is 96.0 Å². The topological polar surface area (TPSA) is 168 Å². The van der Waals surface area contributed by atoms with Crippen molar-refractivity contribution in [1.29, 1.82) is 0 Å². The van der Waals surface area contributed by atoms with Gasteiger partial charge in [0.2, 0.25) is 0 Å². The monoisotopic (exact) mass is 1250 g/mol. The highest BCUT2D eigenvalue weighted by molar-refractivity contribution is 5.91. The van der Waals surface area contributed by atoms with Gasteiger partial charge in [0, 0.05) is 54.6 Å². The molecule has 0 unspecified atom stereocenters. The number of carbonyl (C=O) groups excluding carboxylic acids is 5. The van der Waals surface area contributed by atoms with Crippen molar-refractivity contribution in [2.45, 2.75) is 203 Å². The average molecular weight is 1250 g/mol. The number of rotatable bonds is 41. The van der Waals surface area contributed by atoms with E-state index in [1.54, 1.807) is 20.8 Å². The Balaban J connectivity index is 1.94. The van der Waals surface area contributed by atoms with Crippen LogP contribution in [0.5, 0.6) is 23.0 Å².